The number of benzene rings is 1. The molecule has 0 aromatic heterocycles. The van der Waals surface area contributed by atoms with Gasteiger partial charge in [-0.15, -0.1) is 23.5 Å². The highest BCUT2D eigenvalue weighted by molar-refractivity contribution is 8.19. The molecule has 0 aliphatic carbocycles. The fraction of sp³-hybridized carbons (Fsp3) is 0.500. The molecule has 1 heterocycles. The van der Waals surface area contributed by atoms with Gasteiger partial charge in [0, 0.05) is 24.3 Å². The quantitative estimate of drug-likeness (QED) is 0.504. The molecule has 170 valence electrons. The number of amides is 3. The van der Waals surface area contributed by atoms with E-state index >= 15 is 0 Å². The third-order valence-corrected chi connectivity index (χ3v) is 8.17. The van der Waals surface area contributed by atoms with Crippen LogP contribution in [0.5, 0.6) is 0 Å². The van der Waals surface area contributed by atoms with Crippen molar-refractivity contribution in [2.75, 3.05) is 31.5 Å². The Morgan fingerprint density at radius 1 is 1.06 bits per heavy atom. The van der Waals surface area contributed by atoms with E-state index in [0.717, 1.165) is 0 Å². The number of hydrogen-bond donors (Lipinski definition) is 3. The number of carbonyl (C=O) groups excluding carboxylic acids is 4. The Hall–Kier alpha value is -2.40. The van der Waals surface area contributed by atoms with E-state index in [2.05, 4.69) is 20.7 Å². The molecule has 3 amide bonds. The zero-order chi connectivity index (χ0) is 22.9. The molecular weight excluding hydrogens is 442 g/mol. The van der Waals surface area contributed by atoms with Crippen LogP contribution in [0.4, 0.5) is 15.3 Å². The van der Waals surface area contributed by atoms with Crippen molar-refractivity contribution in [3.63, 3.8) is 0 Å². The van der Waals surface area contributed by atoms with Crippen molar-refractivity contribution < 1.29 is 28.7 Å². The zero-order valence-electron chi connectivity index (χ0n) is 17.6. The van der Waals surface area contributed by atoms with Crippen LogP contribution in [-0.4, -0.2) is 66.3 Å². The van der Waals surface area contributed by atoms with Crippen LogP contribution in [0.3, 0.4) is 0 Å². The number of nitrogens with one attached hydrogen (secondary N) is 3. The van der Waals surface area contributed by atoms with Gasteiger partial charge in [-0.05, 0) is 24.8 Å². The summed E-state index contributed by atoms with van der Waals surface area (Å²) in [6, 6.07) is 7.87. The Labute approximate surface area is 189 Å². The van der Waals surface area contributed by atoms with Gasteiger partial charge in [0.05, 0.1) is 26.3 Å². The molecule has 1 fully saturated rings. The molecule has 2 rings (SSSR count). The lowest BCUT2D eigenvalue weighted by Gasteiger charge is -2.33. The number of para-hydroxylation sites is 1. The first-order valence-corrected chi connectivity index (χ1v) is 11.8. The van der Waals surface area contributed by atoms with Crippen molar-refractivity contribution in [1.82, 2.24) is 10.6 Å². The molecule has 0 spiro atoms. The monoisotopic (exact) mass is 469 g/mol. The summed E-state index contributed by atoms with van der Waals surface area (Å²) in [5.74, 6) is 0.115. The Morgan fingerprint density at radius 2 is 1.71 bits per heavy atom. The third kappa shape index (κ3) is 6.54. The second kappa shape index (κ2) is 11.8. The molecule has 0 radical (unpaired) electrons. The van der Waals surface area contributed by atoms with E-state index < -0.39 is 28.3 Å². The van der Waals surface area contributed by atoms with Crippen molar-refractivity contribution in [2.45, 2.75) is 35.4 Å². The molecule has 1 saturated heterocycles. The number of rotatable bonds is 9. The van der Waals surface area contributed by atoms with Gasteiger partial charge in [-0.2, -0.15) is 0 Å². The lowest BCUT2D eigenvalue weighted by atomic mass is 9.99. The molecule has 3 N–H and O–H groups in total. The Bertz CT molecular complexity index is 794. The van der Waals surface area contributed by atoms with Gasteiger partial charge in [-0.25, -0.2) is 9.59 Å². The average molecular weight is 470 g/mol. The van der Waals surface area contributed by atoms with Gasteiger partial charge in [-0.1, -0.05) is 18.2 Å². The van der Waals surface area contributed by atoms with Gasteiger partial charge >= 0.3 is 12.2 Å². The van der Waals surface area contributed by atoms with Crippen LogP contribution in [0.2, 0.25) is 0 Å². The fourth-order valence-electron chi connectivity index (χ4n) is 3.26. The molecule has 0 bridgehead atoms. The maximum absolute atomic E-state index is 13.2. The largest absolute Gasteiger partial charge is 0.453 e. The van der Waals surface area contributed by atoms with E-state index in [4.69, 9.17) is 4.74 Å². The maximum Gasteiger partial charge on any atom is 0.407 e. The SMILES string of the molecule is COC(=O)N[C@@H]1CSC(SC)(C(=O)CCCC(=O)Nc2ccccc2)[C@H]1NC(=O)OC. The van der Waals surface area contributed by atoms with Crippen LogP contribution < -0.4 is 16.0 Å². The number of Topliss-reactive ketones (excluding diaryl/α,β-unsaturated/α-hetero) is 1. The summed E-state index contributed by atoms with van der Waals surface area (Å²) in [6.07, 6.45) is 1.14. The van der Waals surface area contributed by atoms with E-state index in [1.54, 1.807) is 18.4 Å². The van der Waals surface area contributed by atoms with Gasteiger partial charge < -0.3 is 25.4 Å². The summed E-state index contributed by atoms with van der Waals surface area (Å²) in [7, 11) is 2.47. The zero-order valence-corrected chi connectivity index (χ0v) is 19.3. The van der Waals surface area contributed by atoms with E-state index in [1.165, 1.54) is 37.7 Å². The Morgan fingerprint density at radius 3 is 2.32 bits per heavy atom. The summed E-state index contributed by atoms with van der Waals surface area (Å²) >= 11 is 2.65. The number of alkyl carbamates (subject to hydrolysis) is 2. The first kappa shape index (κ1) is 24.9. The molecule has 1 aromatic carbocycles. The van der Waals surface area contributed by atoms with Gasteiger partial charge in [0.2, 0.25) is 5.91 Å². The van der Waals surface area contributed by atoms with Crippen molar-refractivity contribution in [1.29, 1.82) is 0 Å². The predicted molar refractivity (Wildman–Crippen MR) is 121 cm³/mol. The predicted octanol–water partition coefficient (Wildman–Crippen LogP) is 2.62. The third-order valence-electron chi connectivity index (χ3n) is 4.79. The molecule has 0 saturated carbocycles. The van der Waals surface area contributed by atoms with E-state index in [9.17, 15) is 19.2 Å². The second-order valence-electron chi connectivity index (χ2n) is 6.73. The smallest absolute Gasteiger partial charge is 0.407 e. The lowest BCUT2D eigenvalue weighted by Crippen LogP contribution is -2.59. The molecule has 1 aromatic rings. The summed E-state index contributed by atoms with van der Waals surface area (Å²) < 4.78 is 8.34. The number of carbonyl (C=O) groups is 4. The van der Waals surface area contributed by atoms with Crippen LogP contribution in [0.25, 0.3) is 0 Å². The molecule has 1 aliphatic heterocycles. The molecule has 9 nitrogen and oxygen atoms in total. The molecule has 3 atom stereocenters. The summed E-state index contributed by atoms with van der Waals surface area (Å²) in [5.41, 5.74) is 0.699. The van der Waals surface area contributed by atoms with Gasteiger partial charge in [0.15, 0.2) is 5.78 Å². The van der Waals surface area contributed by atoms with Crippen LogP contribution in [0.15, 0.2) is 30.3 Å². The molecular formula is C20H27N3O6S2. The average Bonchev–Trinajstić information content (AvgIpc) is 3.12. The summed E-state index contributed by atoms with van der Waals surface area (Å²) in [6.45, 7) is 0. The van der Waals surface area contributed by atoms with Crippen molar-refractivity contribution in [3.05, 3.63) is 30.3 Å². The van der Waals surface area contributed by atoms with E-state index in [1.807, 2.05) is 18.2 Å². The van der Waals surface area contributed by atoms with Crippen molar-refractivity contribution in [2.24, 2.45) is 0 Å². The van der Waals surface area contributed by atoms with Gasteiger partial charge in [-0.3, -0.25) is 9.59 Å². The van der Waals surface area contributed by atoms with Crippen LogP contribution >= 0.6 is 23.5 Å². The number of hydrogen-bond acceptors (Lipinski definition) is 8. The van der Waals surface area contributed by atoms with Crippen molar-refractivity contribution in [3.8, 4) is 0 Å². The highest BCUT2D eigenvalue weighted by Crippen LogP contribution is 2.47. The molecule has 1 aliphatic rings. The summed E-state index contributed by atoms with van der Waals surface area (Å²) in [5, 5.41) is 8.15. The minimum absolute atomic E-state index is 0.118. The summed E-state index contributed by atoms with van der Waals surface area (Å²) in [4.78, 5) is 49.0. The van der Waals surface area contributed by atoms with Crippen molar-refractivity contribution >= 4 is 53.1 Å². The van der Waals surface area contributed by atoms with Crippen LogP contribution in [0, 0.1) is 0 Å². The number of thioether (sulfide) groups is 2. The minimum Gasteiger partial charge on any atom is -0.453 e. The Kier molecular flexibility index (Phi) is 9.50. The van der Waals surface area contributed by atoms with Gasteiger partial charge in [0.1, 0.15) is 4.08 Å². The number of ketones is 1. The van der Waals surface area contributed by atoms with E-state index in [0.29, 0.717) is 17.9 Å². The molecule has 31 heavy (non-hydrogen) atoms. The van der Waals surface area contributed by atoms with Gasteiger partial charge in [0.25, 0.3) is 0 Å². The van der Waals surface area contributed by atoms with Crippen LogP contribution in [-0.2, 0) is 19.1 Å². The molecule has 11 heteroatoms. The number of ether oxygens (including phenoxy) is 2. The normalized spacial score (nSPS) is 22.3. The first-order chi connectivity index (χ1) is 14.9. The maximum atomic E-state index is 13.2. The lowest BCUT2D eigenvalue weighted by molar-refractivity contribution is -0.120. The fourth-order valence-corrected chi connectivity index (χ4v) is 6.11. The standard InChI is InChI=1S/C20H27N3O6S2/c1-28-18(26)22-14-12-31-20(30-3,17(14)23-19(27)29-2)15(24)10-7-11-16(25)21-13-8-5-4-6-9-13/h4-6,8-9,14,17H,7,10-12H2,1-3H3,(H,21,25)(H,22,26)(H,23,27)/t14-,17+,20?/m1/s1. The number of methoxy groups -OCH3 is 2. The van der Waals surface area contributed by atoms with E-state index in [-0.39, 0.29) is 24.5 Å². The molecule has 1 unspecified atom stereocenters. The first-order valence-electron chi connectivity index (χ1n) is 9.62. The number of anilines is 1. The van der Waals surface area contributed by atoms with Crippen LogP contribution in [0.1, 0.15) is 19.3 Å². The Balaban J connectivity index is 2.02. The second-order valence-corrected chi connectivity index (χ2v) is 9.31. The minimum atomic E-state index is -1.02. The topological polar surface area (TPSA) is 123 Å². The highest BCUT2D eigenvalue weighted by atomic mass is 32.2. The highest BCUT2D eigenvalue weighted by Gasteiger charge is 2.55.